The van der Waals surface area contributed by atoms with Crippen LogP contribution in [0.4, 0.5) is 4.39 Å². The van der Waals surface area contributed by atoms with E-state index in [4.69, 9.17) is 0 Å². The number of carbonyl (C=O) groups excluding carboxylic acids is 1. The lowest BCUT2D eigenvalue weighted by Crippen LogP contribution is -2.35. The molecule has 0 aliphatic carbocycles. The van der Waals surface area contributed by atoms with Gasteiger partial charge in [0, 0.05) is 6.54 Å². The van der Waals surface area contributed by atoms with Crippen molar-refractivity contribution in [3.05, 3.63) is 35.6 Å². The van der Waals surface area contributed by atoms with Gasteiger partial charge in [-0.1, -0.05) is 32.9 Å². The molecule has 1 unspecified atom stereocenters. The number of carboxylic acids is 1. The molecule has 4 nitrogen and oxygen atoms in total. The number of halogens is 1. The predicted molar refractivity (Wildman–Crippen MR) is 78.3 cm³/mol. The van der Waals surface area contributed by atoms with Crippen molar-refractivity contribution >= 4 is 11.9 Å². The molecule has 0 aliphatic rings. The van der Waals surface area contributed by atoms with Crippen molar-refractivity contribution in [3.63, 3.8) is 0 Å². The summed E-state index contributed by atoms with van der Waals surface area (Å²) in [5, 5.41) is 11.8. The zero-order valence-corrected chi connectivity index (χ0v) is 12.6. The topological polar surface area (TPSA) is 66.4 Å². The Morgan fingerprint density at radius 2 is 2.00 bits per heavy atom. The maximum atomic E-state index is 13.0. The van der Waals surface area contributed by atoms with Crippen molar-refractivity contribution in [2.45, 2.75) is 33.6 Å². The molecule has 0 aromatic heterocycles. The van der Waals surface area contributed by atoms with Crippen LogP contribution < -0.4 is 5.32 Å². The predicted octanol–water partition coefficient (Wildman–Crippen LogP) is 2.62. The van der Waals surface area contributed by atoms with Gasteiger partial charge in [0.1, 0.15) is 5.82 Å². The first-order valence-electron chi connectivity index (χ1n) is 6.91. The largest absolute Gasteiger partial charge is 0.481 e. The summed E-state index contributed by atoms with van der Waals surface area (Å²) < 4.78 is 13.0. The first kappa shape index (κ1) is 17.1. The van der Waals surface area contributed by atoms with Gasteiger partial charge < -0.3 is 10.4 Å². The molecule has 0 bridgehead atoms. The molecule has 5 heteroatoms. The van der Waals surface area contributed by atoms with Crippen LogP contribution in [0.5, 0.6) is 0 Å². The summed E-state index contributed by atoms with van der Waals surface area (Å²) in [6.45, 7) is 5.95. The molecule has 116 valence electrons. The number of rotatable bonds is 6. The number of carbonyl (C=O) groups is 2. The number of amides is 1. The van der Waals surface area contributed by atoms with Gasteiger partial charge in [-0.3, -0.25) is 9.59 Å². The molecule has 1 aromatic rings. The lowest BCUT2D eigenvalue weighted by Gasteiger charge is -2.23. The summed E-state index contributed by atoms with van der Waals surface area (Å²) >= 11 is 0. The van der Waals surface area contributed by atoms with Crippen molar-refractivity contribution in [1.29, 1.82) is 0 Å². The van der Waals surface area contributed by atoms with Crippen LogP contribution in [0.15, 0.2) is 24.3 Å². The molecule has 0 heterocycles. The molecule has 0 spiro atoms. The Morgan fingerprint density at radius 3 is 2.52 bits per heavy atom. The second-order valence-corrected chi connectivity index (χ2v) is 6.41. The highest BCUT2D eigenvalue weighted by atomic mass is 19.1. The summed E-state index contributed by atoms with van der Waals surface area (Å²) in [5.74, 6) is -2.24. The highest BCUT2D eigenvalue weighted by Crippen LogP contribution is 2.24. The molecule has 1 rings (SSSR count). The van der Waals surface area contributed by atoms with E-state index >= 15 is 0 Å². The van der Waals surface area contributed by atoms with Gasteiger partial charge in [-0.2, -0.15) is 0 Å². The molecule has 0 fully saturated rings. The minimum absolute atomic E-state index is 0.0413. The van der Waals surface area contributed by atoms with Gasteiger partial charge in [0.25, 0.3) is 0 Å². The second-order valence-electron chi connectivity index (χ2n) is 6.41. The van der Waals surface area contributed by atoms with Crippen molar-refractivity contribution in [2.24, 2.45) is 11.3 Å². The standard InChI is InChI=1S/C16H22FNO3/c1-16(2,3)9-12(15(20)21)10-18-14(19)8-11-5-4-6-13(17)7-11/h4-7,12H,8-10H2,1-3H3,(H,18,19)(H,20,21). The Kier molecular flexibility index (Phi) is 5.88. The Morgan fingerprint density at radius 1 is 1.33 bits per heavy atom. The van der Waals surface area contributed by atoms with Crippen LogP contribution in [-0.2, 0) is 16.0 Å². The molecule has 2 N–H and O–H groups in total. The number of aliphatic carboxylic acids is 1. The smallest absolute Gasteiger partial charge is 0.308 e. The average molecular weight is 295 g/mol. The number of nitrogens with one attached hydrogen (secondary N) is 1. The first-order chi connectivity index (χ1) is 9.67. The fourth-order valence-corrected chi connectivity index (χ4v) is 2.12. The normalized spacial score (nSPS) is 12.8. The van der Waals surface area contributed by atoms with Gasteiger partial charge in [0.2, 0.25) is 5.91 Å². The monoisotopic (exact) mass is 295 g/mol. The fraction of sp³-hybridized carbons (Fsp3) is 0.500. The number of carboxylic acid groups (broad SMARTS) is 1. The highest BCUT2D eigenvalue weighted by Gasteiger charge is 2.24. The van der Waals surface area contributed by atoms with Gasteiger partial charge in [0.15, 0.2) is 0 Å². The summed E-state index contributed by atoms with van der Waals surface area (Å²) in [6.07, 6.45) is 0.516. The molecule has 1 atom stereocenters. The Bertz CT molecular complexity index is 508. The Labute approximate surface area is 124 Å². The molecule has 0 saturated heterocycles. The summed E-state index contributed by atoms with van der Waals surface area (Å²) in [6, 6.07) is 5.80. The Balaban J connectivity index is 2.52. The van der Waals surface area contributed by atoms with E-state index in [0.717, 1.165) is 0 Å². The minimum Gasteiger partial charge on any atom is -0.481 e. The van der Waals surface area contributed by atoms with Gasteiger partial charge in [-0.15, -0.1) is 0 Å². The van der Waals surface area contributed by atoms with Crippen LogP contribution in [-0.4, -0.2) is 23.5 Å². The van der Waals surface area contributed by atoms with Crippen LogP contribution in [0.3, 0.4) is 0 Å². The van der Waals surface area contributed by atoms with Crippen LogP contribution >= 0.6 is 0 Å². The summed E-state index contributed by atoms with van der Waals surface area (Å²) in [5.41, 5.74) is 0.436. The van der Waals surface area contributed by atoms with E-state index in [1.165, 1.54) is 18.2 Å². The lowest BCUT2D eigenvalue weighted by atomic mass is 9.84. The summed E-state index contributed by atoms with van der Waals surface area (Å²) in [4.78, 5) is 23.0. The van der Waals surface area contributed by atoms with Crippen LogP contribution in [0, 0.1) is 17.2 Å². The molecule has 0 saturated carbocycles. The SMILES string of the molecule is CC(C)(C)CC(CNC(=O)Cc1cccc(F)c1)C(=O)O. The number of hydrogen-bond donors (Lipinski definition) is 2. The van der Waals surface area contributed by atoms with E-state index in [-0.39, 0.29) is 24.3 Å². The van der Waals surface area contributed by atoms with Crippen molar-refractivity contribution in [1.82, 2.24) is 5.32 Å². The van der Waals surface area contributed by atoms with E-state index < -0.39 is 17.7 Å². The lowest BCUT2D eigenvalue weighted by molar-refractivity contribution is -0.142. The van der Waals surface area contributed by atoms with Gasteiger partial charge in [-0.25, -0.2) is 4.39 Å². The first-order valence-corrected chi connectivity index (χ1v) is 6.91. The van der Waals surface area contributed by atoms with Gasteiger partial charge in [0.05, 0.1) is 12.3 Å². The highest BCUT2D eigenvalue weighted by molar-refractivity contribution is 5.79. The zero-order chi connectivity index (χ0) is 16.0. The summed E-state index contributed by atoms with van der Waals surface area (Å²) in [7, 11) is 0. The second kappa shape index (κ2) is 7.20. The maximum Gasteiger partial charge on any atom is 0.308 e. The van der Waals surface area contributed by atoms with E-state index in [1.54, 1.807) is 6.07 Å². The van der Waals surface area contributed by atoms with Crippen LogP contribution in [0.1, 0.15) is 32.8 Å². The number of hydrogen-bond acceptors (Lipinski definition) is 2. The molecule has 21 heavy (non-hydrogen) atoms. The fourth-order valence-electron chi connectivity index (χ4n) is 2.12. The Hall–Kier alpha value is -1.91. The van der Waals surface area contributed by atoms with E-state index in [9.17, 15) is 19.1 Å². The van der Waals surface area contributed by atoms with E-state index in [2.05, 4.69) is 5.32 Å². The van der Waals surface area contributed by atoms with Crippen molar-refractivity contribution in [3.8, 4) is 0 Å². The quantitative estimate of drug-likeness (QED) is 0.848. The van der Waals surface area contributed by atoms with Gasteiger partial charge >= 0.3 is 5.97 Å². The molecule has 0 radical (unpaired) electrons. The maximum absolute atomic E-state index is 13.0. The van der Waals surface area contributed by atoms with Crippen LogP contribution in [0.25, 0.3) is 0 Å². The third-order valence-electron chi connectivity index (χ3n) is 3.01. The molecule has 1 amide bonds. The number of benzene rings is 1. The van der Waals surface area contributed by atoms with Crippen molar-refractivity contribution in [2.75, 3.05) is 6.54 Å². The van der Waals surface area contributed by atoms with Gasteiger partial charge in [-0.05, 0) is 29.5 Å². The molecular weight excluding hydrogens is 273 g/mol. The van der Waals surface area contributed by atoms with E-state index in [0.29, 0.717) is 12.0 Å². The molecular formula is C16H22FNO3. The third-order valence-corrected chi connectivity index (χ3v) is 3.01. The average Bonchev–Trinajstić information content (AvgIpc) is 2.32. The molecule has 1 aromatic carbocycles. The van der Waals surface area contributed by atoms with E-state index in [1.807, 2.05) is 20.8 Å². The zero-order valence-electron chi connectivity index (χ0n) is 12.6. The molecule has 0 aliphatic heterocycles. The third kappa shape index (κ3) is 6.88. The minimum atomic E-state index is -0.920. The van der Waals surface area contributed by atoms with Crippen LogP contribution in [0.2, 0.25) is 0 Å². The van der Waals surface area contributed by atoms with Crippen molar-refractivity contribution < 1.29 is 19.1 Å².